The Labute approximate surface area is 189 Å². The largest absolute Gasteiger partial charge is 0.475 e. The number of nitrogens with one attached hydrogen (secondary N) is 2. The third-order valence-electron chi connectivity index (χ3n) is 6.29. The predicted octanol–water partition coefficient (Wildman–Crippen LogP) is 3.24. The summed E-state index contributed by atoms with van der Waals surface area (Å²) in [4.78, 5) is 10.5. The summed E-state index contributed by atoms with van der Waals surface area (Å²) in [6, 6.07) is -0.953. The van der Waals surface area contributed by atoms with Crippen LogP contribution in [0.2, 0.25) is 5.02 Å². The van der Waals surface area contributed by atoms with Crippen LogP contribution in [0, 0.1) is 6.92 Å². The molecule has 2 N–H and O–H groups in total. The molecular formula is C20H26ClF2N7O2. The summed E-state index contributed by atoms with van der Waals surface area (Å²) in [7, 11) is 0. The zero-order valence-electron chi connectivity index (χ0n) is 17.9. The van der Waals surface area contributed by atoms with Crippen molar-refractivity contribution in [1.82, 2.24) is 24.6 Å². The normalized spacial score (nSPS) is 26.0. The summed E-state index contributed by atoms with van der Waals surface area (Å²) in [5, 5.41) is 11.2. The van der Waals surface area contributed by atoms with E-state index in [0.29, 0.717) is 55.0 Å². The molecule has 2 aromatic heterocycles. The van der Waals surface area contributed by atoms with Gasteiger partial charge in [-0.3, -0.25) is 9.58 Å². The fourth-order valence-electron chi connectivity index (χ4n) is 4.32. The topological polar surface area (TPSA) is 89.4 Å². The number of hydrogen-bond donors (Lipinski definition) is 2. The number of rotatable bonds is 2. The van der Waals surface area contributed by atoms with Crippen LogP contribution in [0.4, 0.5) is 26.2 Å². The predicted molar refractivity (Wildman–Crippen MR) is 115 cm³/mol. The molecule has 0 radical (unpaired) electrons. The first-order valence-corrected chi connectivity index (χ1v) is 11.2. The first-order chi connectivity index (χ1) is 15.3. The van der Waals surface area contributed by atoms with E-state index in [1.54, 1.807) is 6.92 Å². The molecule has 3 aliphatic rings. The van der Waals surface area contributed by atoms with Gasteiger partial charge in [0.05, 0.1) is 44.3 Å². The van der Waals surface area contributed by atoms with Gasteiger partial charge in [-0.25, -0.2) is 13.8 Å². The van der Waals surface area contributed by atoms with Gasteiger partial charge < -0.3 is 20.1 Å². The van der Waals surface area contributed by atoms with E-state index in [-0.39, 0.29) is 36.9 Å². The molecular weight excluding hydrogens is 444 g/mol. The van der Waals surface area contributed by atoms with E-state index in [2.05, 4.69) is 25.7 Å². The Morgan fingerprint density at radius 1 is 1.28 bits per heavy atom. The van der Waals surface area contributed by atoms with Gasteiger partial charge in [-0.05, 0) is 20.3 Å². The quantitative estimate of drug-likeness (QED) is 0.693. The van der Waals surface area contributed by atoms with Crippen molar-refractivity contribution >= 4 is 29.1 Å². The van der Waals surface area contributed by atoms with E-state index in [9.17, 15) is 0 Å². The van der Waals surface area contributed by atoms with Gasteiger partial charge >= 0.3 is 0 Å². The number of nitrogens with zero attached hydrogens (tertiary/aromatic N) is 5. The Morgan fingerprint density at radius 2 is 2.09 bits per heavy atom. The van der Waals surface area contributed by atoms with Gasteiger partial charge in [0.15, 0.2) is 5.82 Å². The first-order valence-electron chi connectivity index (χ1n) is 10.8. The first kappa shape index (κ1) is 21.6. The number of anilines is 3. The van der Waals surface area contributed by atoms with Crippen molar-refractivity contribution in [2.45, 2.75) is 50.7 Å². The smallest absolute Gasteiger partial charge is 0.282 e. The van der Waals surface area contributed by atoms with E-state index in [1.807, 2.05) is 11.8 Å². The maximum Gasteiger partial charge on any atom is 0.282 e. The molecule has 3 aliphatic heterocycles. The highest BCUT2D eigenvalue weighted by atomic mass is 35.5. The number of piperidine rings is 1. The van der Waals surface area contributed by atoms with Gasteiger partial charge in [0, 0.05) is 19.0 Å². The van der Waals surface area contributed by atoms with Crippen molar-refractivity contribution in [2.75, 3.05) is 43.5 Å². The van der Waals surface area contributed by atoms with Gasteiger partial charge in [-0.15, -0.1) is 5.10 Å². The number of aromatic nitrogens is 4. The molecule has 2 aromatic rings. The maximum atomic E-state index is 15.2. The Balaban J connectivity index is 1.46. The van der Waals surface area contributed by atoms with Crippen LogP contribution in [-0.2, 0) is 4.74 Å². The molecule has 5 rings (SSSR count). The van der Waals surface area contributed by atoms with Gasteiger partial charge in [-0.1, -0.05) is 11.6 Å². The maximum absolute atomic E-state index is 15.2. The molecule has 9 nitrogen and oxygen atoms in total. The van der Waals surface area contributed by atoms with Crippen molar-refractivity contribution in [1.29, 1.82) is 0 Å². The number of hydrogen-bond acceptors (Lipinski definition) is 8. The number of fused-ring (bicyclic) bond motifs is 3. The summed E-state index contributed by atoms with van der Waals surface area (Å²) in [6.45, 7) is 5.39. The lowest BCUT2D eigenvalue weighted by Crippen LogP contribution is -2.58. The standard InChI is InChI=1S/C20H26ClF2N7O2/c1-11-4-6-32-18-16(26-19-24-7-14(21)17(25-11)27-19)12(2)30(28-18)15-3-5-29(10-20(15,22)23)13-8-31-9-13/h7,11,13,15H,3-6,8-10H2,1-2H3,(H2,24,25,26,27)/t11-,15?/m1/s1. The highest BCUT2D eigenvalue weighted by molar-refractivity contribution is 6.32. The molecule has 2 atom stereocenters. The third-order valence-corrected chi connectivity index (χ3v) is 6.57. The molecule has 174 valence electrons. The lowest BCUT2D eigenvalue weighted by atomic mass is 9.98. The highest BCUT2D eigenvalue weighted by Crippen LogP contribution is 2.41. The minimum atomic E-state index is -2.94. The van der Waals surface area contributed by atoms with Gasteiger partial charge in [0.1, 0.15) is 16.8 Å². The van der Waals surface area contributed by atoms with Crippen LogP contribution < -0.4 is 15.4 Å². The lowest BCUT2D eigenvalue weighted by Gasteiger charge is -2.44. The molecule has 0 saturated carbocycles. The second-order valence-electron chi connectivity index (χ2n) is 8.64. The molecule has 2 fully saturated rings. The second-order valence-corrected chi connectivity index (χ2v) is 9.04. The van der Waals surface area contributed by atoms with Crippen molar-refractivity contribution in [3.63, 3.8) is 0 Å². The number of alkyl halides is 2. The van der Waals surface area contributed by atoms with Crippen molar-refractivity contribution < 1.29 is 18.3 Å². The van der Waals surface area contributed by atoms with Crippen LogP contribution in [-0.4, -0.2) is 75.6 Å². The van der Waals surface area contributed by atoms with E-state index >= 15 is 8.78 Å². The summed E-state index contributed by atoms with van der Waals surface area (Å²) in [6.07, 6.45) is 2.44. The Hall–Kier alpha value is -2.24. The van der Waals surface area contributed by atoms with Gasteiger partial charge in [-0.2, -0.15) is 4.98 Å². The van der Waals surface area contributed by atoms with Crippen LogP contribution in [0.25, 0.3) is 0 Å². The van der Waals surface area contributed by atoms with Crippen LogP contribution in [0.5, 0.6) is 5.88 Å². The molecule has 2 saturated heterocycles. The van der Waals surface area contributed by atoms with E-state index in [0.717, 1.165) is 0 Å². The molecule has 12 heteroatoms. The number of likely N-dealkylation sites (tertiary alicyclic amines) is 1. The summed E-state index contributed by atoms with van der Waals surface area (Å²) < 4.78 is 42.9. The zero-order valence-corrected chi connectivity index (χ0v) is 18.7. The van der Waals surface area contributed by atoms with Crippen molar-refractivity contribution in [3.05, 3.63) is 16.9 Å². The molecule has 5 heterocycles. The highest BCUT2D eigenvalue weighted by Gasteiger charge is 2.49. The van der Waals surface area contributed by atoms with E-state index in [4.69, 9.17) is 21.1 Å². The fourth-order valence-corrected chi connectivity index (χ4v) is 4.47. The molecule has 0 aliphatic carbocycles. The van der Waals surface area contributed by atoms with Crippen LogP contribution in [0.1, 0.15) is 31.5 Å². The van der Waals surface area contributed by atoms with Crippen LogP contribution in [0.15, 0.2) is 6.20 Å². The van der Waals surface area contributed by atoms with E-state index in [1.165, 1.54) is 10.9 Å². The van der Waals surface area contributed by atoms with Gasteiger partial charge in [0.2, 0.25) is 5.95 Å². The molecule has 0 spiro atoms. The molecule has 1 unspecified atom stereocenters. The van der Waals surface area contributed by atoms with Crippen molar-refractivity contribution in [3.8, 4) is 5.88 Å². The summed E-state index contributed by atoms with van der Waals surface area (Å²) >= 11 is 6.22. The monoisotopic (exact) mass is 469 g/mol. The van der Waals surface area contributed by atoms with E-state index < -0.39 is 12.0 Å². The third kappa shape index (κ3) is 3.97. The molecule has 0 amide bonds. The Morgan fingerprint density at radius 3 is 2.81 bits per heavy atom. The zero-order chi connectivity index (χ0) is 22.5. The van der Waals surface area contributed by atoms with Crippen molar-refractivity contribution in [2.24, 2.45) is 0 Å². The fraction of sp³-hybridized carbons (Fsp3) is 0.650. The average Bonchev–Trinajstić information content (AvgIpc) is 2.96. The minimum Gasteiger partial charge on any atom is -0.475 e. The molecule has 32 heavy (non-hydrogen) atoms. The average molecular weight is 470 g/mol. The SMILES string of the molecule is Cc1c2c(nn1C1CCN(C3COC3)CC1(F)F)OCC[C@@H](C)Nc1nc(ncc1Cl)N2. The lowest BCUT2D eigenvalue weighted by molar-refractivity contribution is -0.150. The molecule has 2 bridgehead atoms. The summed E-state index contributed by atoms with van der Waals surface area (Å²) in [5.74, 6) is -1.89. The Kier molecular flexibility index (Phi) is 5.58. The number of halogens is 3. The molecule has 0 aromatic carbocycles. The number of ether oxygens (including phenoxy) is 2. The summed E-state index contributed by atoms with van der Waals surface area (Å²) in [5.41, 5.74) is 1.03. The van der Waals surface area contributed by atoms with Crippen LogP contribution in [0.3, 0.4) is 0 Å². The van der Waals surface area contributed by atoms with Gasteiger partial charge in [0.25, 0.3) is 11.8 Å². The minimum absolute atomic E-state index is 0.0316. The second kappa shape index (κ2) is 8.27. The Bertz CT molecular complexity index is 1000. The van der Waals surface area contributed by atoms with Crippen LogP contribution >= 0.6 is 11.6 Å².